The molecule has 57 valence electrons. The molecule has 0 spiro atoms. The average molecular weight is 145 g/mol. The summed E-state index contributed by atoms with van der Waals surface area (Å²) in [5, 5.41) is 0. The van der Waals surface area contributed by atoms with Crippen molar-refractivity contribution in [2.24, 2.45) is 5.92 Å². The van der Waals surface area contributed by atoms with Gasteiger partial charge in [-0.15, -0.1) is 12.3 Å². The number of hydrogen-bond donors (Lipinski definition) is 0. The Morgan fingerprint density at radius 3 is 2.91 bits per heavy atom. The van der Waals surface area contributed by atoms with Crippen LogP contribution in [0.5, 0.6) is 0 Å². The lowest BCUT2D eigenvalue weighted by molar-refractivity contribution is 0.400. The fourth-order valence-electron chi connectivity index (χ4n) is 2.55. The van der Waals surface area contributed by atoms with Gasteiger partial charge in [-0.25, -0.2) is 0 Å². The SMILES string of the molecule is C#CC1CCC2[B]C1CCC2. The fraction of sp³-hybridized carbons (Fsp3) is 0.800. The van der Waals surface area contributed by atoms with Gasteiger partial charge in [0.15, 0.2) is 0 Å². The molecular weight excluding hydrogens is 131 g/mol. The molecule has 2 aliphatic rings. The molecule has 0 N–H and O–H groups in total. The number of rotatable bonds is 0. The smallest absolute Gasteiger partial charge is 0.119 e. The van der Waals surface area contributed by atoms with Crippen molar-refractivity contribution in [3.63, 3.8) is 0 Å². The van der Waals surface area contributed by atoms with Gasteiger partial charge >= 0.3 is 0 Å². The van der Waals surface area contributed by atoms with Crippen molar-refractivity contribution in [3.05, 3.63) is 0 Å². The molecule has 0 aromatic heterocycles. The summed E-state index contributed by atoms with van der Waals surface area (Å²) < 4.78 is 0. The highest BCUT2D eigenvalue weighted by Crippen LogP contribution is 2.44. The largest absolute Gasteiger partial charge is 0.120 e. The van der Waals surface area contributed by atoms with E-state index in [2.05, 4.69) is 13.2 Å². The van der Waals surface area contributed by atoms with Crippen molar-refractivity contribution in [3.8, 4) is 12.3 Å². The Hall–Kier alpha value is -0.375. The van der Waals surface area contributed by atoms with Crippen molar-refractivity contribution >= 4 is 7.28 Å². The minimum atomic E-state index is 0.576. The normalized spacial score (nSPS) is 42.3. The monoisotopic (exact) mass is 145 g/mol. The molecular formula is C10H14B. The summed E-state index contributed by atoms with van der Waals surface area (Å²) in [6.07, 6.45) is 12.3. The van der Waals surface area contributed by atoms with E-state index >= 15 is 0 Å². The van der Waals surface area contributed by atoms with Gasteiger partial charge in [0.1, 0.15) is 7.28 Å². The molecule has 0 amide bonds. The lowest BCUT2D eigenvalue weighted by atomic mass is 9.41. The molecule has 0 aromatic carbocycles. The van der Waals surface area contributed by atoms with Crippen molar-refractivity contribution in [2.45, 2.75) is 43.7 Å². The predicted octanol–water partition coefficient (Wildman–Crippen LogP) is 2.49. The molecule has 0 aromatic rings. The van der Waals surface area contributed by atoms with Crippen LogP contribution in [0.3, 0.4) is 0 Å². The van der Waals surface area contributed by atoms with Crippen LogP contribution in [0.2, 0.25) is 11.6 Å². The van der Waals surface area contributed by atoms with E-state index in [9.17, 15) is 0 Å². The molecule has 11 heavy (non-hydrogen) atoms. The quantitative estimate of drug-likeness (QED) is 0.363. The zero-order valence-corrected chi connectivity index (χ0v) is 6.92. The van der Waals surface area contributed by atoms with Gasteiger partial charge in [-0.2, -0.15) is 0 Å². The minimum absolute atomic E-state index is 0.576. The maximum absolute atomic E-state index is 5.47. The zero-order valence-electron chi connectivity index (χ0n) is 6.92. The van der Waals surface area contributed by atoms with E-state index in [4.69, 9.17) is 6.42 Å². The molecule has 2 heterocycles. The Labute approximate surface area is 70.0 Å². The molecule has 2 bridgehead atoms. The lowest BCUT2D eigenvalue weighted by Crippen LogP contribution is -2.28. The van der Waals surface area contributed by atoms with Crippen LogP contribution in [0.15, 0.2) is 0 Å². The first-order valence-electron chi connectivity index (χ1n) is 4.71. The Bertz CT molecular complexity index is 180. The molecule has 0 nitrogen and oxygen atoms in total. The van der Waals surface area contributed by atoms with E-state index in [0.717, 1.165) is 11.6 Å². The van der Waals surface area contributed by atoms with Gasteiger partial charge in [-0.1, -0.05) is 37.3 Å². The first kappa shape index (κ1) is 7.28. The number of fused-ring (bicyclic) bond motifs is 2. The minimum Gasteiger partial charge on any atom is -0.120 e. The second kappa shape index (κ2) is 2.93. The van der Waals surface area contributed by atoms with E-state index in [1.165, 1.54) is 32.1 Å². The van der Waals surface area contributed by atoms with Crippen molar-refractivity contribution in [2.75, 3.05) is 0 Å². The van der Waals surface area contributed by atoms with Crippen LogP contribution >= 0.6 is 0 Å². The molecule has 3 unspecified atom stereocenters. The summed E-state index contributed by atoms with van der Waals surface area (Å²) in [7, 11) is 2.53. The summed E-state index contributed by atoms with van der Waals surface area (Å²) in [4.78, 5) is 0. The summed E-state index contributed by atoms with van der Waals surface area (Å²) in [6, 6.07) is 0. The van der Waals surface area contributed by atoms with E-state index in [1.807, 2.05) is 0 Å². The summed E-state index contributed by atoms with van der Waals surface area (Å²) in [5.41, 5.74) is 0. The standard InChI is InChI=1S/C10H14B/c1-2-8-6-7-9-4-3-5-10(8)11-9/h1,8-10H,3-7H2. The lowest BCUT2D eigenvalue weighted by Gasteiger charge is -2.37. The van der Waals surface area contributed by atoms with Crippen molar-refractivity contribution in [1.82, 2.24) is 0 Å². The zero-order chi connectivity index (χ0) is 7.68. The van der Waals surface area contributed by atoms with Gasteiger partial charge in [0.2, 0.25) is 0 Å². The molecule has 2 fully saturated rings. The Morgan fingerprint density at radius 2 is 2.09 bits per heavy atom. The number of terminal acetylenes is 1. The van der Waals surface area contributed by atoms with Gasteiger partial charge in [0.05, 0.1) is 0 Å². The van der Waals surface area contributed by atoms with Gasteiger partial charge in [-0.3, -0.25) is 0 Å². The first-order chi connectivity index (χ1) is 5.40. The van der Waals surface area contributed by atoms with Crippen molar-refractivity contribution < 1.29 is 0 Å². The van der Waals surface area contributed by atoms with Crippen LogP contribution in [-0.4, -0.2) is 7.28 Å². The van der Waals surface area contributed by atoms with Crippen LogP contribution in [0.1, 0.15) is 32.1 Å². The van der Waals surface area contributed by atoms with Gasteiger partial charge in [-0.05, 0) is 6.42 Å². The summed E-state index contributed by atoms with van der Waals surface area (Å²) in [5.74, 6) is 5.19. The maximum Gasteiger partial charge on any atom is 0.119 e. The molecule has 1 heteroatoms. The van der Waals surface area contributed by atoms with E-state index in [0.29, 0.717) is 5.92 Å². The summed E-state index contributed by atoms with van der Waals surface area (Å²) in [6.45, 7) is 0. The molecule has 2 rings (SSSR count). The van der Waals surface area contributed by atoms with Crippen LogP contribution in [0.25, 0.3) is 0 Å². The molecule has 0 aliphatic carbocycles. The second-order valence-electron chi connectivity index (χ2n) is 3.90. The van der Waals surface area contributed by atoms with E-state index in [1.54, 1.807) is 0 Å². The molecule has 2 saturated heterocycles. The highest BCUT2D eigenvalue weighted by molar-refractivity contribution is 6.40. The third kappa shape index (κ3) is 1.32. The molecule has 2 aliphatic heterocycles. The van der Waals surface area contributed by atoms with Crippen molar-refractivity contribution in [1.29, 1.82) is 0 Å². The van der Waals surface area contributed by atoms with Gasteiger partial charge in [0, 0.05) is 5.92 Å². The molecule has 1 radical (unpaired) electrons. The van der Waals surface area contributed by atoms with E-state index < -0.39 is 0 Å². The van der Waals surface area contributed by atoms with Crippen LogP contribution < -0.4 is 0 Å². The average Bonchev–Trinajstić information content (AvgIpc) is 2.06. The Morgan fingerprint density at radius 1 is 1.18 bits per heavy atom. The second-order valence-corrected chi connectivity index (χ2v) is 3.90. The van der Waals surface area contributed by atoms with Crippen LogP contribution in [-0.2, 0) is 0 Å². The highest BCUT2D eigenvalue weighted by Gasteiger charge is 2.32. The molecule has 3 atom stereocenters. The third-order valence-corrected chi connectivity index (χ3v) is 3.21. The van der Waals surface area contributed by atoms with Gasteiger partial charge in [0.25, 0.3) is 0 Å². The first-order valence-corrected chi connectivity index (χ1v) is 4.71. The third-order valence-electron chi connectivity index (χ3n) is 3.21. The Balaban J connectivity index is 2.04. The number of hydrogen-bond acceptors (Lipinski definition) is 0. The maximum atomic E-state index is 5.47. The molecule has 0 saturated carbocycles. The van der Waals surface area contributed by atoms with Crippen LogP contribution in [0.4, 0.5) is 0 Å². The van der Waals surface area contributed by atoms with Crippen LogP contribution in [0, 0.1) is 18.3 Å². The topological polar surface area (TPSA) is 0 Å². The van der Waals surface area contributed by atoms with Gasteiger partial charge < -0.3 is 0 Å². The fourth-order valence-corrected chi connectivity index (χ4v) is 2.55. The van der Waals surface area contributed by atoms with E-state index in [-0.39, 0.29) is 0 Å². The highest BCUT2D eigenvalue weighted by atomic mass is 14.3. The summed E-state index contributed by atoms with van der Waals surface area (Å²) >= 11 is 0. The Kier molecular flexibility index (Phi) is 1.94. The predicted molar refractivity (Wildman–Crippen MR) is 48.7 cm³/mol.